The first kappa shape index (κ1) is 22.4. The van der Waals surface area contributed by atoms with Gasteiger partial charge in [-0.1, -0.05) is 75.8 Å². The lowest BCUT2D eigenvalue weighted by Crippen LogP contribution is -2.10. The highest BCUT2D eigenvalue weighted by atomic mass is 15.5. The minimum absolute atomic E-state index is 0.575. The van der Waals surface area contributed by atoms with E-state index in [2.05, 4.69) is 44.4 Å². The Labute approximate surface area is 200 Å². The van der Waals surface area contributed by atoms with Crippen molar-refractivity contribution in [3.8, 4) is 22.5 Å². The molecule has 1 fully saturated rings. The van der Waals surface area contributed by atoms with Gasteiger partial charge in [-0.2, -0.15) is 10.3 Å². The number of unbranched alkanes of at least 4 members (excludes halogenated alkanes) is 1. The zero-order chi connectivity index (χ0) is 23.2. The molecule has 3 heterocycles. The summed E-state index contributed by atoms with van der Waals surface area (Å²) in [4.78, 5) is 9.81. The normalized spacial score (nSPS) is 14.5. The Morgan fingerprint density at radius 1 is 1.00 bits per heavy atom. The van der Waals surface area contributed by atoms with Crippen LogP contribution in [0.15, 0.2) is 42.6 Å². The molecule has 0 amide bonds. The van der Waals surface area contributed by atoms with Gasteiger partial charge in [0, 0.05) is 30.3 Å². The van der Waals surface area contributed by atoms with Crippen LogP contribution in [0.4, 0.5) is 0 Å². The van der Waals surface area contributed by atoms with Gasteiger partial charge in [-0.15, -0.1) is 10.2 Å². The number of aromatic amines is 1. The maximum absolute atomic E-state index is 5.03. The molecule has 5 rings (SSSR count). The van der Waals surface area contributed by atoms with Gasteiger partial charge in [0.2, 0.25) is 5.82 Å². The van der Waals surface area contributed by atoms with Gasteiger partial charge in [0.05, 0.1) is 12.1 Å². The Hall–Kier alpha value is -3.42. The summed E-state index contributed by atoms with van der Waals surface area (Å²) in [5, 5.41) is 19.6. The molecule has 0 aliphatic heterocycles. The van der Waals surface area contributed by atoms with Crippen molar-refractivity contribution in [3.05, 3.63) is 59.9 Å². The number of aryl methyl sites for hydroxylation is 1. The van der Waals surface area contributed by atoms with E-state index in [1.54, 1.807) is 0 Å². The number of aromatic nitrogens is 8. The molecule has 8 heteroatoms. The van der Waals surface area contributed by atoms with Crippen molar-refractivity contribution in [2.75, 3.05) is 0 Å². The van der Waals surface area contributed by atoms with E-state index in [-0.39, 0.29) is 0 Å². The predicted molar refractivity (Wildman–Crippen MR) is 131 cm³/mol. The minimum Gasteiger partial charge on any atom is -0.260 e. The molecule has 0 bridgehead atoms. The molecule has 0 spiro atoms. The third kappa shape index (κ3) is 5.05. The fraction of sp³-hybridized carbons (Fsp3) is 0.462. The fourth-order valence-corrected chi connectivity index (χ4v) is 4.94. The molecule has 1 N–H and O–H groups in total. The number of rotatable bonds is 9. The van der Waals surface area contributed by atoms with Crippen LogP contribution >= 0.6 is 0 Å². The van der Waals surface area contributed by atoms with Gasteiger partial charge >= 0.3 is 0 Å². The second-order valence-electron chi connectivity index (χ2n) is 9.18. The van der Waals surface area contributed by atoms with E-state index in [1.165, 1.54) is 32.1 Å². The second-order valence-corrected chi connectivity index (χ2v) is 9.18. The van der Waals surface area contributed by atoms with Crippen LogP contribution in [0.5, 0.6) is 0 Å². The number of pyridine rings is 1. The summed E-state index contributed by atoms with van der Waals surface area (Å²) in [6.07, 6.45) is 12.3. The van der Waals surface area contributed by atoms with Gasteiger partial charge in [-0.3, -0.25) is 4.98 Å². The molecular formula is C26H32N8. The molecule has 4 aromatic rings. The molecule has 0 atom stereocenters. The van der Waals surface area contributed by atoms with Crippen molar-refractivity contribution in [1.82, 2.24) is 40.4 Å². The Kier molecular flexibility index (Phi) is 7.02. The van der Waals surface area contributed by atoms with E-state index in [9.17, 15) is 0 Å². The molecule has 34 heavy (non-hydrogen) atoms. The lowest BCUT2D eigenvalue weighted by atomic mass is 9.87. The average molecular weight is 457 g/mol. The van der Waals surface area contributed by atoms with E-state index in [0.29, 0.717) is 12.2 Å². The summed E-state index contributed by atoms with van der Waals surface area (Å²) in [5.74, 6) is 3.28. The number of H-pyrrole nitrogens is 1. The van der Waals surface area contributed by atoms with Crippen LogP contribution < -0.4 is 0 Å². The Bertz CT molecular complexity index is 1190. The van der Waals surface area contributed by atoms with Crippen LogP contribution in [0.3, 0.4) is 0 Å². The van der Waals surface area contributed by atoms with Crippen LogP contribution in [0.1, 0.15) is 69.2 Å². The van der Waals surface area contributed by atoms with Gasteiger partial charge in [-0.25, -0.2) is 9.67 Å². The molecule has 1 aliphatic rings. The number of hydrogen-bond donors (Lipinski definition) is 1. The van der Waals surface area contributed by atoms with Crippen LogP contribution in [0.25, 0.3) is 22.5 Å². The number of tetrazole rings is 1. The summed E-state index contributed by atoms with van der Waals surface area (Å²) in [6.45, 7) is 3.11. The number of benzene rings is 1. The number of nitrogens with zero attached hydrogens (tertiary/aromatic N) is 7. The maximum atomic E-state index is 5.03. The van der Waals surface area contributed by atoms with Crippen molar-refractivity contribution in [2.45, 2.75) is 71.3 Å². The number of hydrogen-bond acceptors (Lipinski definition) is 6. The van der Waals surface area contributed by atoms with Crippen molar-refractivity contribution in [3.63, 3.8) is 0 Å². The molecular weight excluding hydrogens is 424 g/mol. The third-order valence-corrected chi connectivity index (χ3v) is 6.73. The van der Waals surface area contributed by atoms with E-state index in [0.717, 1.165) is 65.8 Å². The van der Waals surface area contributed by atoms with Gasteiger partial charge in [0.15, 0.2) is 5.82 Å². The maximum Gasteiger partial charge on any atom is 0.205 e. The highest BCUT2D eigenvalue weighted by Gasteiger charge is 2.20. The molecule has 176 valence electrons. The first-order valence-electron chi connectivity index (χ1n) is 12.5. The van der Waals surface area contributed by atoms with Crippen LogP contribution in [0.2, 0.25) is 0 Å². The fourth-order valence-electron chi connectivity index (χ4n) is 4.94. The van der Waals surface area contributed by atoms with E-state index < -0.39 is 0 Å². The summed E-state index contributed by atoms with van der Waals surface area (Å²) < 4.78 is 2.12. The molecule has 8 nitrogen and oxygen atoms in total. The molecule has 1 aliphatic carbocycles. The highest BCUT2D eigenvalue weighted by molar-refractivity contribution is 5.81. The second kappa shape index (κ2) is 10.7. The Balaban J connectivity index is 1.46. The topological polar surface area (TPSA) is 98.1 Å². The van der Waals surface area contributed by atoms with Gasteiger partial charge in [0.25, 0.3) is 0 Å². The minimum atomic E-state index is 0.575. The molecule has 0 saturated heterocycles. The first-order chi connectivity index (χ1) is 16.8. The Morgan fingerprint density at radius 3 is 2.62 bits per heavy atom. The van der Waals surface area contributed by atoms with E-state index in [1.807, 2.05) is 30.5 Å². The van der Waals surface area contributed by atoms with Crippen LogP contribution in [-0.4, -0.2) is 40.4 Å². The van der Waals surface area contributed by atoms with Crippen LogP contribution in [-0.2, 0) is 19.4 Å². The van der Waals surface area contributed by atoms with Gasteiger partial charge in [-0.05, 0) is 29.2 Å². The lowest BCUT2D eigenvalue weighted by molar-refractivity contribution is 0.351. The first-order valence-corrected chi connectivity index (χ1v) is 12.5. The zero-order valence-corrected chi connectivity index (χ0v) is 19.8. The highest BCUT2D eigenvalue weighted by Crippen LogP contribution is 2.32. The van der Waals surface area contributed by atoms with Gasteiger partial charge < -0.3 is 0 Å². The molecule has 3 aromatic heterocycles. The summed E-state index contributed by atoms with van der Waals surface area (Å²) in [6, 6.07) is 12.2. The molecule has 0 radical (unpaired) electrons. The molecule has 0 unspecified atom stereocenters. The quantitative estimate of drug-likeness (QED) is 0.379. The van der Waals surface area contributed by atoms with Crippen LogP contribution in [0, 0.1) is 5.92 Å². The third-order valence-electron chi connectivity index (χ3n) is 6.73. The van der Waals surface area contributed by atoms with E-state index in [4.69, 9.17) is 15.1 Å². The molecule has 1 aromatic carbocycles. The van der Waals surface area contributed by atoms with Crippen molar-refractivity contribution in [1.29, 1.82) is 0 Å². The largest absolute Gasteiger partial charge is 0.260 e. The SMILES string of the molecule is CCCCn1nc(CC2CCCCC2)nc1Cc1ncccc1-c1ccccc1-c1nn[nH]n1. The molecule has 1 saturated carbocycles. The monoisotopic (exact) mass is 456 g/mol. The summed E-state index contributed by atoms with van der Waals surface area (Å²) in [7, 11) is 0. The van der Waals surface area contributed by atoms with E-state index >= 15 is 0 Å². The smallest absolute Gasteiger partial charge is 0.205 e. The average Bonchev–Trinajstić information content (AvgIpc) is 3.54. The van der Waals surface area contributed by atoms with Crippen molar-refractivity contribution < 1.29 is 0 Å². The van der Waals surface area contributed by atoms with Gasteiger partial charge in [0.1, 0.15) is 5.82 Å². The lowest BCUT2D eigenvalue weighted by Gasteiger charge is -2.19. The summed E-state index contributed by atoms with van der Waals surface area (Å²) >= 11 is 0. The van der Waals surface area contributed by atoms with Crippen molar-refractivity contribution >= 4 is 0 Å². The zero-order valence-electron chi connectivity index (χ0n) is 19.8. The number of nitrogens with one attached hydrogen (secondary N) is 1. The summed E-state index contributed by atoms with van der Waals surface area (Å²) in [5.41, 5.74) is 4.00. The standard InChI is InChI=1S/C26H32N8/c1-2-3-16-34-25(28-24(31-34)17-19-10-5-4-6-11-19)18-23-21(14-9-15-27-23)20-12-7-8-13-22(20)26-29-32-33-30-26/h7-9,12-15,19H,2-6,10-11,16-18H2,1H3,(H,29,30,32,33). The predicted octanol–water partition coefficient (Wildman–Crippen LogP) is 5.03. The van der Waals surface area contributed by atoms with Crippen molar-refractivity contribution in [2.24, 2.45) is 5.92 Å². The Morgan fingerprint density at radius 2 is 1.82 bits per heavy atom.